The van der Waals surface area contributed by atoms with Gasteiger partial charge in [0.15, 0.2) is 0 Å². The Kier molecular flexibility index (Phi) is 8.28. The SMILES string of the molecule is CCN(CC)C(=O)c1ccc(C(=C2CCN(Cc3ccccc3)CC2)c2ccccc2[N+](=O)[O-])cc1. The molecule has 0 saturated carbocycles. The fourth-order valence-electron chi connectivity index (χ4n) is 4.94. The molecule has 0 aromatic heterocycles. The maximum atomic E-state index is 12.8. The lowest BCUT2D eigenvalue weighted by molar-refractivity contribution is -0.385. The van der Waals surface area contributed by atoms with Gasteiger partial charge in [-0.05, 0) is 61.6 Å². The van der Waals surface area contributed by atoms with Crippen LogP contribution in [0, 0.1) is 10.1 Å². The minimum Gasteiger partial charge on any atom is -0.339 e. The van der Waals surface area contributed by atoms with Crippen molar-refractivity contribution in [2.24, 2.45) is 0 Å². The van der Waals surface area contributed by atoms with Gasteiger partial charge in [-0.3, -0.25) is 19.8 Å². The van der Waals surface area contributed by atoms with Gasteiger partial charge in [0, 0.05) is 44.4 Å². The lowest BCUT2D eigenvalue weighted by atomic mass is 9.87. The van der Waals surface area contributed by atoms with Gasteiger partial charge in [-0.2, -0.15) is 0 Å². The Bertz CT molecular complexity index is 1220. The number of para-hydroxylation sites is 1. The van der Waals surface area contributed by atoms with Gasteiger partial charge in [0.1, 0.15) is 0 Å². The van der Waals surface area contributed by atoms with Crippen molar-refractivity contribution in [2.45, 2.75) is 33.2 Å². The summed E-state index contributed by atoms with van der Waals surface area (Å²) < 4.78 is 0. The minimum absolute atomic E-state index is 0.000616. The third-order valence-electron chi connectivity index (χ3n) is 6.90. The lowest BCUT2D eigenvalue weighted by Gasteiger charge is -2.30. The van der Waals surface area contributed by atoms with E-state index in [2.05, 4.69) is 29.2 Å². The highest BCUT2D eigenvalue weighted by Crippen LogP contribution is 2.37. The lowest BCUT2D eigenvalue weighted by Crippen LogP contribution is -2.30. The quantitative estimate of drug-likeness (QED) is 0.284. The Morgan fingerprint density at radius 2 is 1.44 bits per heavy atom. The van der Waals surface area contributed by atoms with E-state index in [4.69, 9.17) is 0 Å². The van der Waals surface area contributed by atoms with E-state index < -0.39 is 0 Å². The van der Waals surface area contributed by atoms with E-state index in [0.29, 0.717) is 24.2 Å². The topological polar surface area (TPSA) is 66.7 Å². The van der Waals surface area contributed by atoms with Gasteiger partial charge >= 0.3 is 0 Å². The van der Waals surface area contributed by atoms with E-state index >= 15 is 0 Å². The van der Waals surface area contributed by atoms with Crippen LogP contribution in [0.5, 0.6) is 0 Å². The molecular formula is C30H33N3O3. The molecular weight excluding hydrogens is 450 g/mol. The average molecular weight is 484 g/mol. The third kappa shape index (κ3) is 5.71. The number of nitro groups is 1. The van der Waals surface area contributed by atoms with E-state index in [9.17, 15) is 14.9 Å². The van der Waals surface area contributed by atoms with Crippen LogP contribution >= 0.6 is 0 Å². The molecule has 1 amide bonds. The summed E-state index contributed by atoms with van der Waals surface area (Å²) in [6, 6.07) is 25.0. The maximum absolute atomic E-state index is 12.8. The molecule has 1 aliphatic heterocycles. The fourth-order valence-corrected chi connectivity index (χ4v) is 4.94. The maximum Gasteiger partial charge on any atom is 0.277 e. The van der Waals surface area contributed by atoms with Gasteiger partial charge in [-0.1, -0.05) is 60.2 Å². The molecule has 1 fully saturated rings. The van der Waals surface area contributed by atoms with E-state index in [0.717, 1.165) is 43.6 Å². The Balaban J connectivity index is 1.67. The predicted molar refractivity (Wildman–Crippen MR) is 144 cm³/mol. The molecule has 0 N–H and O–H groups in total. The molecule has 4 rings (SSSR count). The minimum atomic E-state index is -0.307. The first kappa shape index (κ1) is 25.3. The number of carbonyl (C=O) groups excluding carboxylic acids is 1. The zero-order valence-corrected chi connectivity index (χ0v) is 21.0. The highest BCUT2D eigenvalue weighted by Gasteiger charge is 2.24. The van der Waals surface area contributed by atoms with Crippen LogP contribution in [-0.4, -0.2) is 46.8 Å². The number of amides is 1. The zero-order valence-electron chi connectivity index (χ0n) is 21.0. The molecule has 6 heteroatoms. The fraction of sp³-hybridized carbons (Fsp3) is 0.300. The van der Waals surface area contributed by atoms with Crippen LogP contribution in [0.2, 0.25) is 0 Å². The largest absolute Gasteiger partial charge is 0.339 e. The summed E-state index contributed by atoms with van der Waals surface area (Å²) in [6.07, 6.45) is 1.68. The molecule has 0 bridgehead atoms. The van der Waals surface area contributed by atoms with Crippen LogP contribution in [-0.2, 0) is 6.54 Å². The summed E-state index contributed by atoms with van der Waals surface area (Å²) in [6.45, 7) is 7.94. The number of nitrogens with zero attached hydrogens (tertiary/aromatic N) is 3. The highest BCUT2D eigenvalue weighted by atomic mass is 16.6. The predicted octanol–water partition coefficient (Wildman–Crippen LogP) is 6.17. The Morgan fingerprint density at radius 3 is 2.06 bits per heavy atom. The van der Waals surface area contributed by atoms with E-state index in [1.807, 2.05) is 56.3 Å². The van der Waals surface area contributed by atoms with Crippen molar-refractivity contribution in [1.82, 2.24) is 9.80 Å². The molecule has 3 aromatic carbocycles. The number of hydrogen-bond acceptors (Lipinski definition) is 4. The molecule has 0 radical (unpaired) electrons. The zero-order chi connectivity index (χ0) is 25.5. The van der Waals surface area contributed by atoms with Crippen LogP contribution < -0.4 is 0 Å². The van der Waals surface area contributed by atoms with Gasteiger partial charge in [0.05, 0.1) is 10.5 Å². The highest BCUT2D eigenvalue weighted by molar-refractivity contribution is 5.95. The van der Waals surface area contributed by atoms with E-state index in [1.54, 1.807) is 17.0 Å². The van der Waals surface area contributed by atoms with Crippen LogP contribution in [0.25, 0.3) is 5.57 Å². The molecule has 0 aliphatic carbocycles. The van der Waals surface area contributed by atoms with Crippen molar-refractivity contribution in [1.29, 1.82) is 0 Å². The number of hydrogen-bond donors (Lipinski definition) is 0. The summed E-state index contributed by atoms with van der Waals surface area (Å²) in [7, 11) is 0. The molecule has 6 nitrogen and oxygen atoms in total. The Morgan fingerprint density at radius 1 is 0.861 bits per heavy atom. The summed E-state index contributed by atoms with van der Waals surface area (Å²) in [5.74, 6) is 0.000616. The second kappa shape index (κ2) is 11.8. The molecule has 0 atom stereocenters. The van der Waals surface area contributed by atoms with Crippen molar-refractivity contribution in [3.8, 4) is 0 Å². The molecule has 1 aliphatic rings. The molecule has 0 spiro atoms. The number of piperidine rings is 1. The third-order valence-corrected chi connectivity index (χ3v) is 6.90. The number of carbonyl (C=O) groups is 1. The number of benzene rings is 3. The first-order valence-corrected chi connectivity index (χ1v) is 12.6. The van der Waals surface area contributed by atoms with Gasteiger partial charge < -0.3 is 4.90 Å². The van der Waals surface area contributed by atoms with E-state index in [1.165, 1.54) is 11.1 Å². The normalized spacial score (nSPS) is 13.9. The van der Waals surface area contributed by atoms with Crippen molar-refractivity contribution in [2.75, 3.05) is 26.2 Å². The van der Waals surface area contributed by atoms with Gasteiger partial charge in [0.2, 0.25) is 0 Å². The Hall–Kier alpha value is -3.77. The smallest absolute Gasteiger partial charge is 0.277 e. The first-order valence-electron chi connectivity index (χ1n) is 12.6. The van der Waals surface area contributed by atoms with E-state index in [-0.39, 0.29) is 16.5 Å². The summed E-state index contributed by atoms with van der Waals surface area (Å²) in [4.78, 5) is 28.6. The first-order chi connectivity index (χ1) is 17.5. The van der Waals surface area contributed by atoms with Gasteiger partial charge in [-0.25, -0.2) is 0 Å². The number of nitro benzene ring substituents is 1. The van der Waals surface area contributed by atoms with Crippen molar-refractivity contribution in [3.05, 3.63) is 117 Å². The van der Waals surface area contributed by atoms with Gasteiger partial charge in [-0.15, -0.1) is 0 Å². The van der Waals surface area contributed by atoms with Gasteiger partial charge in [0.25, 0.3) is 11.6 Å². The molecule has 3 aromatic rings. The molecule has 1 saturated heterocycles. The van der Waals surface area contributed by atoms with Crippen LogP contribution in [0.15, 0.2) is 84.4 Å². The van der Waals surface area contributed by atoms with Crippen molar-refractivity contribution < 1.29 is 9.72 Å². The molecule has 1 heterocycles. The second-order valence-corrected chi connectivity index (χ2v) is 9.07. The average Bonchev–Trinajstić information content (AvgIpc) is 2.91. The number of rotatable bonds is 8. The monoisotopic (exact) mass is 483 g/mol. The van der Waals surface area contributed by atoms with Crippen LogP contribution in [0.1, 0.15) is 53.7 Å². The van der Waals surface area contributed by atoms with Crippen LogP contribution in [0.3, 0.4) is 0 Å². The second-order valence-electron chi connectivity index (χ2n) is 9.07. The van der Waals surface area contributed by atoms with Crippen molar-refractivity contribution >= 4 is 17.2 Å². The summed E-state index contributed by atoms with van der Waals surface area (Å²) in [5.41, 5.74) is 5.71. The molecule has 186 valence electrons. The summed E-state index contributed by atoms with van der Waals surface area (Å²) in [5, 5.41) is 11.9. The number of likely N-dealkylation sites (tertiary alicyclic amines) is 1. The standard InChI is InChI=1S/C30H33N3O3/c1-3-32(4-2)30(34)26-16-14-24(15-17-26)29(27-12-8-9-13-28(27)33(35)36)25-18-20-31(21-19-25)22-23-10-6-5-7-11-23/h5-17H,3-4,18-22H2,1-2H3. The summed E-state index contributed by atoms with van der Waals surface area (Å²) >= 11 is 0. The van der Waals surface area contributed by atoms with Crippen molar-refractivity contribution in [3.63, 3.8) is 0 Å². The molecule has 36 heavy (non-hydrogen) atoms. The van der Waals surface area contributed by atoms with Crippen LogP contribution in [0.4, 0.5) is 5.69 Å². The Labute approximate surface area is 213 Å². The molecule has 0 unspecified atom stereocenters.